The second kappa shape index (κ2) is 8.27. The molecule has 138 valence electrons. The molecular formula is C18H28N4O2S. The molecule has 2 heterocycles. The average molecular weight is 365 g/mol. The maximum atomic E-state index is 12.9. The number of thiazole rings is 1. The zero-order valence-corrected chi connectivity index (χ0v) is 15.9. The lowest BCUT2D eigenvalue weighted by molar-refractivity contribution is -0.139. The van der Waals surface area contributed by atoms with Crippen LogP contribution in [-0.2, 0) is 16.1 Å². The Morgan fingerprint density at radius 1 is 1.48 bits per heavy atom. The van der Waals surface area contributed by atoms with Gasteiger partial charge in [0.15, 0.2) is 0 Å². The average Bonchev–Trinajstić information content (AvgIpc) is 3.28. The first-order chi connectivity index (χ1) is 12.0. The highest BCUT2D eigenvalue weighted by molar-refractivity contribution is 7.09. The number of carbonyl (C=O) groups is 2. The third kappa shape index (κ3) is 5.01. The van der Waals surface area contributed by atoms with Crippen LogP contribution in [0.3, 0.4) is 0 Å². The third-order valence-electron chi connectivity index (χ3n) is 4.90. The van der Waals surface area contributed by atoms with Gasteiger partial charge in [-0.1, -0.05) is 13.8 Å². The molecule has 1 saturated carbocycles. The van der Waals surface area contributed by atoms with Crippen molar-refractivity contribution in [2.75, 3.05) is 19.6 Å². The van der Waals surface area contributed by atoms with Crippen molar-refractivity contribution in [1.82, 2.24) is 20.1 Å². The molecule has 1 aromatic heterocycles. The number of hydrogen-bond donors (Lipinski definition) is 1. The van der Waals surface area contributed by atoms with Crippen molar-refractivity contribution >= 4 is 23.2 Å². The molecule has 2 aliphatic rings. The summed E-state index contributed by atoms with van der Waals surface area (Å²) in [7, 11) is 0. The highest BCUT2D eigenvalue weighted by Crippen LogP contribution is 2.30. The zero-order chi connectivity index (χ0) is 17.8. The molecule has 0 bridgehead atoms. The smallest absolute Gasteiger partial charge is 0.237 e. The number of nitrogens with one attached hydrogen (secondary N) is 1. The highest BCUT2D eigenvalue weighted by Gasteiger charge is 2.37. The number of hydrogen-bond acceptors (Lipinski definition) is 5. The molecule has 2 fully saturated rings. The van der Waals surface area contributed by atoms with Gasteiger partial charge in [0.05, 0.1) is 19.0 Å². The molecule has 0 aromatic carbocycles. The fourth-order valence-electron chi connectivity index (χ4n) is 3.24. The van der Waals surface area contributed by atoms with Crippen molar-refractivity contribution < 1.29 is 9.59 Å². The van der Waals surface area contributed by atoms with E-state index in [1.807, 2.05) is 10.3 Å². The van der Waals surface area contributed by atoms with E-state index in [1.54, 1.807) is 17.5 Å². The van der Waals surface area contributed by atoms with Gasteiger partial charge in [0.25, 0.3) is 0 Å². The number of aromatic nitrogens is 1. The van der Waals surface area contributed by atoms with Crippen molar-refractivity contribution in [3.8, 4) is 0 Å². The Labute approximate surface area is 153 Å². The van der Waals surface area contributed by atoms with Gasteiger partial charge in [-0.15, -0.1) is 11.3 Å². The van der Waals surface area contributed by atoms with Crippen LogP contribution in [0.2, 0.25) is 0 Å². The topological polar surface area (TPSA) is 65.5 Å². The first kappa shape index (κ1) is 18.3. The minimum Gasteiger partial charge on any atom is -0.353 e. The van der Waals surface area contributed by atoms with Gasteiger partial charge in [0, 0.05) is 30.7 Å². The Morgan fingerprint density at radius 3 is 2.92 bits per heavy atom. The van der Waals surface area contributed by atoms with E-state index in [4.69, 9.17) is 0 Å². The first-order valence-corrected chi connectivity index (χ1v) is 10.1. The van der Waals surface area contributed by atoms with Gasteiger partial charge < -0.3 is 10.2 Å². The van der Waals surface area contributed by atoms with E-state index in [-0.39, 0.29) is 24.3 Å². The standard InChI is InChI=1S/C18H28N4O2S/c1-13(2)5-8-21-9-6-20-18(24)15(21)11-17(23)22(14-3-4-14)12-16-19-7-10-25-16/h7,10,13-15H,3-6,8-9,11-12H2,1-2H3,(H,20,24)/t15-/m1/s1. The van der Waals surface area contributed by atoms with Crippen LogP contribution in [0.25, 0.3) is 0 Å². The van der Waals surface area contributed by atoms with Crippen molar-refractivity contribution in [2.24, 2.45) is 5.92 Å². The quantitative estimate of drug-likeness (QED) is 0.765. The molecule has 1 aliphatic heterocycles. The molecule has 0 unspecified atom stereocenters. The van der Waals surface area contributed by atoms with Gasteiger partial charge in [0.2, 0.25) is 11.8 Å². The van der Waals surface area contributed by atoms with Crippen molar-refractivity contribution in [1.29, 1.82) is 0 Å². The van der Waals surface area contributed by atoms with Crippen LogP contribution in [0.5, 0.6) is 0 Å². The summed E-state index contributed by atoms with van der Waals surface area (Å²) in [4.78, 5) is 33.7. The Bertz CT molecular complexity index is 586. The van der Waals surface area contributed by atoms with Crippen LogP contribution in [0, 0.1) is 5.92 Å². The number of amides is 2. The van der Waals surface area contributed by atoms with E-state index >= 15 is 0 Å². The summed E-state index contributed by atoms with van der Waals surface area (Å²) in [6.07, 6.45) is 5.21. The summed E-state index contributed by atoms with van der Waals surface area (Å²) in [5, 5.41) is 5.82. The molecule has 0 spiro atoms. The summed E-state index contributed by atoms with van der Waals surface area (Å²) in [5.41, 5.74) is 0. The van der Waals surface area contributed by atoms with Gasteiger partial charge >= 0.3 is 0 Å². The molecule has 1 saturated heterocycles. The Balaban J connectivity index is 1.64. The van der Waals surface area contributed by atoms with Crippen molar-refractivity contribution in [3.05, 3.63) is 16.6 Å². The molecule has 3 rings (SSSR count). The Kier molecular flexibility index (Phi) is 6.06. The number of nitrogens with zero attached hydrogens (tertiary/aromatic N) is 3. The predicted molar refractivity (Wildman–Crippen MR) is 98.1 cm³/mol. The van der Waals surface area contributed by atoms with Gasteiger partial charge in [-0.25, -0.2) is 4.98 Å². The number of piperazine rings is 1. The Hall–Kier alpha value is -1.47. The van der Waals surface area contributed by atoms with Crippen LogP contribution >= 0.6 is 11.3 Å². The zero-order valence-electron chi connectivity index (χ0n) is 15.1. The van der Waals surface area contributed by atoms with E-state index in [9.17, 15) is 9.59 Å². The summed E-state index contributed by atoms with van der Waals surface area (Å²) >= 11 is 1.58. The van der Waals surface area contributed by atoms with Crippen LogP contribution in [0.1, 0.15) is 44.5 Å². The summed E-state index contributed by atoms with van der Waals surface area (Å²) in [5.74, 6) is 0.664. The second-order valence-corrected chi connectivity index (χ2v) is 8.39. The van der Waals surface area contributed by atoms with E-state index < -0.39 is 0 Å². The van der Waals surface area contributed by atoms with E-state index in [0.29, 0.717) is 25.0 Å². The van der Waals surface area contributed by atoms with Crippen molar-refractivity contribution in [2.45, 2.75) is 58.2 Å². The SMILES string of the molecule is CC(C)CCN1CCNC(=O)[C@H]1CC(=O)N(Cc1nccs1)C1CC1. The fourth-order valence-corrected chi connectivity index (χ4v) is 3.86. The molecule has 1 atom stereocenters. The second-order valence-electron chi connectivity index (χ2n) is 7.41. The maximum absolute atomic E-state index is 12.9. The van der Waals surface area contributed by atoms with Gasteiger partial charge in [-0.2, -0.15) is 0 Å². The fraction of sp³-hybridized carbons (Fsp3) is 0.722. The van der Waals surface area contributed by atoms with Gasteiger partial charge in [0.1, 0.15) is 5.01 Å². The minimum absolute atomic E-state index is 0.00616. The molecule has 25 heavy (non-hydrogen) atoms. The van der Waals surface area contributed by atoms with E-state index in [1.165, 1.54) is 0 Å². The molecule has 2 amide bonds. The third-order valence-corrected chi connectivity index (χ3v) is 5.66. The summed E-state index contributed by atoms with van der Waals surface area (Å²) in [6, 6.07) is -0.00953. The van der Waals surface area contributed by atoms with Crippen LogP contribution in [0.15, 0.2) is 11.6 Å². The van der Waals surface area contributed by atoms with Gasteiger partial charge in [-0.3, -0.25) is 14.5 Å². The lowest BCUT2D eigenvalue weighted by Crippen LogP contribution is -2.57. The minimum atomic E-state index is -0.336. The molecule has 0 radical (unpaired) electrons. The molecule has 1 N–H and O–H groups in total. The lowest BCUT2D eigenvalue weighted by Gasteiger charge is -2.36. The predicted octanol–water partition coefficient (Wildman–Crippen LogP) is 1.87. The van der Waals surface area contributed by atoms with Crippen LogP contribution in [0.4, 0.5) is 0 Å². The largest absolute Gasteiger partial charge is 0.353 e. The lowest BCUT2D eigenvalue weighted by atomic mass is 10.0. The van der Waals surface area contributed by atoms with Crippen LogP contribution in [-0.4, -0.2) is 58.3 Å². The summed E-state index contributed by atoms with van der Waals surface area (Å²) in [6.45, 7) is 7.32. The monoisotopic (exact) mass is 364 g/mol. The molecular weight excluding hydrogens is 336 g/mol. The number of carbonyl (C=O) groups excluding carboxylic acids is 2. The molecule has 6 nitrogen and oxygen atoms in total. The Morgan fingerprint density at radius 2 is 2.28 bits per heavy atom. The van der Waals surface area contributed by atoms with Crippen LogP contribution < -0.4 is 5.32 Å². The van der Waals surface area contributed by atoms with Gasteiger partial charge in [-0.05, 0) is 31.7 Å². The highest BCUT2D eigenvalue weighted by atomic mass is 32.1. The molecule has 1 aromatic rings. The maximum Gasteiger partial charge on any atom is 0.237 e. The van der Waals surface area contributed by atoms with E-state index in [2.05, 4.69) is 29.0 Å². The first-order valence-electron chi connectivity index (χ1n) is 9.24. The van der Waals surface area contributed by atoms with Crippen molar-refractivity contribution in [3.63, 3.8) is 0 Å². The number of rotatable bonds is 8. The molecule has 1 aliphatic carbocycles. The summed E-state index contributed by atoms with van der Waals surface area (Å²) < 4.78 is 0. The molecule has 7 heteroatoms. The van der Waals surface area contributed by atoms with E-state index in [0.717, 1.165) is 37.4 Å². The normalized spacial score (nSPS) is 21.4.